The molecular weight excluding hydrogens is 354 g/mol. The molecule has 4 rings (SSSR count). The Labute approximate surface area is 165 Å². The van der Waals surface area contributed by atoms with E-state index in [0.717, 1.165) is 30.0 Å². The molecule has 0 bridgehead atoms. The molecule has 5 nitrogen and oxygen atoms in total. The Balaban J connectivity index is 1.61. The number of ketones is 1. The molecule has 0 radical (unpaired) electrons. The topological polar surface area (TPSA) is 60.2 Å². The van der Waals surface area contributed by atoms with Gasteiger partial charge in [-0.15, -0.1) is 0 Å². The van der Waals surface area contributed by atoms with Crippen LogP contribution in [0.5, 0.6) is 17.2 Å². The third-order valence-electron chi connectivity index (χ3n) is 5.62. The lowest BCUT2D eigenvalue weighted by molar-refractivity contribution is -0.922. The molecule has 2 aromatic rings. The molecule has 1 unspecified atom stereocenters. The number of carbonyl (C=O) groups excluding carboxylic acids is 1. The molecule has 2 aromatic carbocycles. The lowest BCUT2D eigenvalue weighted by atomic mass is 9.99. The van der Waals surface area contributed by atoms with Gasteiger partial charge in [0.1, 0.15) is 18.0 Å². The van der Waals surface area contributed by atoms with Crippen LogP contribution in [-0.4, -0.2) is 31.1 Å². The average Bonchev–Trinajstić information content (AvgIpc) is 3.01. The lowest BCUT2D eigenvalue weighted by Crippen LogP contribution is -3.12. The Kier molecular flexibility index (Phi) is 5.09. The van der Waals surface area contributed by atoms with E-state index in [2.05, 4.69) is 6.92 Å². The third kappa shape index (κ3) is 3.62. The van der Waals surface area contributed by atoms with Gasteiger partial charge in [-0.05, 0) is 48.7 Å². The molecule has 2 N–H and O–H groups in total. The van der Waals surface area contributed by atoms with Crippen molar-refractivity contribution in [3.05, 3.63) is 58.8 Å². The zero-order chi connectivity index (χ0) is 19.7. The van der Waals surface area contributed by atoms with E-state index in [0.29, 0.717) is 23.8 Å². The summed E-state index contributed by atoms with van der Waals surface area (Å²) < 4.78 is 11.1. The summed E-state index contributed by atoms with van der Waals surface area (Å²) in [4.78, 5) is 14.2. The zero-order valence-electron chi connectivity index (χ0n) is 16.3. The van der Waals surface area contributed by atoms with Gasteiger partial charge in [0.15, 0.2) is 11.5 Å². The number of hydrogen-bond acceptors (Lipinski definition) is 4. The summed E-state index contributed by atoms with van der Waals surface area (Å²) >= 11 is 0. The Morgan fingerprint density at radius 3 is 2.75 bits per heavy atom. The van der Waals surface area contributed by atoms with Gasteiger partial charge in [0.05, 0.1) is 31.3 Å². The maximum Gasteiger partial charge on any atom is 0.231 e. The molecule has 2 aliphatic rings. The van der Waals surface area contributed by atoms with Crippen molar-refractivity contribution in [2.45, 2.75) is 26.3 Å². The SMILES string of the molecule is COc1ccc(/C=C2\Oc3c(ccc(O)c3C[NH+]3CCC[C@@H](C)C3)C2=O)cc1. The van der Waals surface area contributed by atoms with Crippen molar-refractivity contribution in [1.82, 2.24) is 0 Å². The van der Waals surface area contributed by atoms with Crippen LogP contribution in [0.4, 0.5) is 0 Å². The first-order valence-electron chi connectivity index (χ1n) is 9.82. The number of quaternary nitrogens is 1. The number of carbonyl (C=O) groups is 1. The van der Waals surface area contributed by atoms with Crippen LogP contribution in [0.3, 0.4) is 0 Å². The van der Waals surface area contributed by atoms with E-state index < -0.39 is 0 Å². The van der Waals surface area contributed by atoms with Gasteiger partial charge in [-0.1, -0.05) is 19.1 Å². The number of hydrogen-bond donors (Lipinski definition) is 2. The maximum absolute atomic E-state index is 12.8. The molecule has 2 atom stereocenters. The van der Waals surface area contributed by atoms with Crippen LogP contribution in [0.15, 0.2) is 42.2 Å². The van der Waals surface area contributed by atoms with Gasteiger partial charge in [-0.25, -0.2) is 0 Å². The highest BCUT2D eigenvalue weighted by atomic mass is 16.5. The number of benzene rings is 2. The molecule has 146 valence electrons. The highest BCUT2D eigenvalue weighted by molar-refractivity contribution is 6.14. The van der Waals surface area contributed by atoms with E-state index in [4.69, 9.17) is 9.47 Å². The molecule has 2 heterocycles. The number of ether oxygens (including phenoxy) is 2. The second-order valence-corrected chi connectivity index (χ2v) is 7.78. The monoisotopic (exact) mass is 380 g/mol. The highest BCUT2D eigenvalue weighted by Crippen LogP contribution is 2.39. The van der Waals surface area contributed by atoms with Crippen molar-refractivity contribution in [1.29, 1.82) is 0 Å². The molecule has 0 aromatic heterocycles. The second-order valence-electron chi connectivity index (χ2n) is 7.78. The minimum atomic E-state index is -0.144. The van der Waals surface area contributed by atoms with Crippen molar-refractivity contribution in [3.8, 4) is 17.2 Å². The van der Waals surface area contributed by atoms with Gasteiger partial charge in [0, 0.05) is 5.92 Å². The number of rotatable bonds is 4. The van der Waals surface area contributed by atoms with Crippen LogP contribution >= 0.6 is 0 Å². The predicted molar refractivity (Wildman–Crippen MR) is 107 cm³/mol. The van der Waals surface area contributed by atoms with Crippen molar-refractivity contribution < 1.29 is 24.3 Å². The number of phenolic OH excluding ortho intramolecular Hbond substituents is 1. The fourth-order valence-corrected chi connectivity index (χ4v) is 4.13. The van der Waals surface area contributed by atoms with E-state index in [1.807, 2.05) is 24.3 Å². The van der Waals surface area contributed by atoms with Crippen LogP contribution in [0, 0.1) is 5.92 Å². The Morgan fingerprint density at radius 1 is 1.25 bits per heavy atom. The third-order valence-corrected chi connectivity index (χ3v) is 5.62. The van der Waals surface area contributed by atoms with Crippen LogP contribution in [-0.2, 0) is 6.54 Å². The molecular formula is C23H26NO4+. The summed E-state index contributed by atoms with van der Waals surface area (Å²) in [6.45, 7) is 5.09. The summed E-state index contributed by atoms with van der Waals surface area (Å²) in [5.41, 5.74) is 2.11. The first-order valence-corrected chi connectivity index (χ1v) is 9.82. The first-order chi connectivity index (χ1) is 13.5. The highest BCUT2D eigenvalue weighted by Gasteiger charge is 2.33. The van der Waals surface area contributed by atoms with E-state index in [1.54, 1.807) is 25.3 Å². The van der Waals surface area contributed by atoms with E-state index in [-0.39, 0.29) is 17.3 Å². The van der Waals surface area contributed by atoms with Gasteiger partial charge < -0.3 is 19.5 Å². The minimum absolute atomic E-state index is 0.144. The number of piperidine rings is 1. The molecule has 1 saturated heterocycles. The minimum Gasteiger partial charge on any atom is -0.507 e. The largest absolute Gasteiger partial charge is 0.507 e. The number of Topliss-reactive ketones (excluding diaryl/α,β-unsaturated/α-hetero) is 1. The van der Waals surface area contributed by atoms with E-state index in [9.17, 15) is 9.90 Å². The van der Waals surface area contributed by atoms with Crippen molar-refractivity contribution in [2.75, 3.05) is 20.2 Å². The molecule has 5 heteroatoms. The van der Waals surface area contributed by atoms with Gasteiger partial charge in [-0.3, -0.25) is 4.79 Å². The summed E-state index contributed by atoms with van der Waals surface area (Å²) in [6.07, 6.45) is 4.18. The summed E-state index contributed by atoms with van der Waals surface area (Å²) in [5, 5.41) is 10.5. The lowest BCUT2D eigenvalue weighted by Gasteiger charge is -2.28. The number of likely N-dealkylation sites (tertiary alicyclic amines) is 1. The van der Waals surface area contributed by atoms with E-state index in [1.165, 1.54) is 17.7 Å². The fourth-order valence-electron chi connectivity index (χ4n) is 4.13. The van der Waals surface area contributed by atoms with E-state index >= 15 is 0 Å². The van der Waals surface area contributed by atoms with Crippen LogP contribution in [0.25, 0.3) is 6.08 Å². The Morgan fingerprint density at radius 2 is 2.04 bits per heavy atom. The molecule has 0 aliphatic carbocycles. The Bertz CT molecular complexity index is 917. The number of fused-ring (bicyclic) bond motifs is 1. The van der Waals surface area contributed by atoms with Crippen LogP contribution < -0.4 is 14.4 Å². The van der Waals surface area contributed by atoms with Crippen molar-refractivity contribution in [3.63, 3.8) is 0 Å². The number of phenols is 1. The smallest absolute Gasteiger partial charge is 0.231 e. The number of aromatic hydroxyl groups is 1. The number of allylic oxidation sites excluding steroid dienone is 1. The quantitative estimate of drug-likeness (QED) is 0.801. The molecule has 28 heavy (non-hydrogen) atoms. The zero-order valence-corrected chi connectivity index (χ0v) is 16.3. The first kappa shape index (κ1) is 18.6. The number of methoxy groups -OCH3 is 1. The normalized spacial score (nSPS) is 22.8. The van der Waals surface area contributed by atoms with Crippen LogP contribution in [0.1, 0.15) is 41.3 Å². The molecule has 0 saturated carbocycles. The fraction of sp³-hybridized carbons (Fsp3) is 0.348. The summed E-state index contributed by atoms with van der Waals surface area (Å²) in [6, 6.07) is 10.7. The number of nitrogens with one attached hydrogen (secondary N) is 1. The van der Waals surface area contributed by atoms with Crippen molar-refractivity contribution in [2.24, 2.45) is 5.92 Å². The van der Waals surface area contributed by atoms with Gasteiger partial charge in [0.25, 0.3) is 0 Å². The van der Waals surface area contributed by atoms with Gasteiger partial charge >= 0.3 is 0 Å². The van der Waals surface area contributed by atoms with Crippen molar-refractivity contribution >= 4 is 11.9 Å². The molecule has 1 fully saturated rings. The summed E-state index contributed by atoms with van der Waals surface area (Å²) in [7, 11) is 1.62. The Hall–Kier alpha value is -2.79. The molecule has 0 amide bonds. The predicted octanol–water partition coefficient (Wildman–Crippen LogP) is 2.83. The van der Waals surface area contributed by atoms with Gasteiger partial charge in [-0.2, -0.15) is 0 Å². The standard InChI is InChI=1S/C23H25NO4/c1-15-4-3-11-24(13-15)14-19-20(25)10-9-18-22(26)21(28-23(18)19)12-16-5-7-17(27-2)8-6-16/h5-10,12,15,25H,3-4,11,13-14H2,1-2H3/p+1/b21-12-/t15-/m1/s1. The van der Waals surface area contributed by atoms with Crippen LogP contribution in [0.2, 0.25) is 0 Å². The molecule has 2 aliphatic heterocycles. The second kappa shape index (κ2) is 7.68. The average molecular weight is 380 g/mol. The summed E-state index contributed by atoms with van der Waals surface area (Å²) in [5.74, 6) is 2.28. The van der Waals surface area contributed by atoms with Gasteiger partial charge in [0.2, 0.25) is 5.78 Å². The maximum atomic E-state index is 12.8. The molecule has 0 spiro atoms.